The van der Waals surface area contributed by atoms with Gasteiger partial charge in [0.05, 0.1) is 0 Å². The molecule has 0 radical (unpaired) electrons. The first-order chi connectivity index (χ1) is 11.2. The van der Waals surface area contributed by atoms with Crippen LogP contribution in [0.25, 0.3) is 0 Å². The van der Waals surface area contributed by atoms with E-state index in [0.29, 0.717) is 11.4 Å². The van der Waals surface area contributed by atoms with E-state index in [1.54, 1.807) is 30.5 Å². The van der Waals surface area contributed by atoms with E-state index in [0.717, 1.165) is 31.6 Å². The number of nitrogens with one attached hydrogen (secondary N) is 1. The van der Waals surface area contributed by atoms with E-state index in [9.17, 15) is 9.18 Å². The van der Waals surface area contributed by atoms with Crippen LogP contribution in [0, 0.1) is 5.82 Å². The topological polar surface area (TPSA) is 45.2 Å². The van der Waals surface area contributed by atoms with Crippen LogP contribution >= 0.6 is 0 Å². The van der Waals surface area contributed by atoms with E-state index in [2.05, 4.69) is 10.3 Å². The van der Waals surface area contributed by atoms with Gasteiger partial charge in [-0.15, -0.1) is 0 Å². The van der Waals surface area contributed by atoms with E-state index in [1.807, 2.05) is 4.90 Å². The van der Waals surface area contributed by atoms with Crippen molar-refractivity contribution in [1.82, 2.24) is 9.88 Å². The Kier molecular flexibility index (Phi) is 4.86. The molecule has 0 bridgehead atoms. The lowest BCUT2D eigenvalue weighted by Crippen LogP contribution is -2.32. The Balaban J connectivity index is 1.75. The second-order valence-electron chi connectivity index (χ2n) is 5.77. The summed E-state index contributed by atoms with van der Waals surface area (Å²) in [5.41, 5.74) is 1.79. The van der Waals surface area contributed by atoms with Crippen LogP contribution in [0.1, 0.15) is 36.2 Å². The van der Waals surface area contributed by atoms with E-state index >= 15 is 0 Å². The zero-order valence-electron chi connectivity index (χ0n) is 13.0. The summed E-state index contributed by atoms with van der Waals surface area (Å²) >= 11 is 0. The molecular weight excluding hydrogens is 293 g/mol. The number of hydrogen-bond donors (Lipinski definition) is 1. The van der Waals surface area contributed by atoms with Gasteiger partial charge in [-0.05, 0) is 43.2 Å². The molecule has 0 saturated carbocycles. The number of rotatable bonds is 3. The van der Waals surface area contributed by atoms with Crippen molar-refractivity contribution in [3.8, 4) is 0 Å². The lowest BCUT2D eigenvalue weighted by Gasteiger charge is -2.20. The summed E-state index contributed by atoms with van der Waals surface area (Å²) in [7, 11) is 0. The van der Waals surface area contributed by atoms with E-state index in [1.165, 1.54) is 25.0 Å². The van der Waals surface area contributed by atoms with Crippen LogP contribution in [0.5, 0.6) is 0 Å². The molecule has 1 aromatic carbocycles. The average molecular weight is 313 g/mol. The first kappa shape index (κ1) is 15.5. The molecule has 1 N–H and O–H groups in total. The summed E-state index contributed by atoms with van der Waals surface area (Å²) in [6.07, 6.45) is 6.06. The first-order valence-corrected chi connectivity index (χ1v) is 8.00. The van der Waals surface area contributed by atoms with Gasteiger partial charge >= 0.3 is 0 Å². The average Bonchev–Trinajstić information content (AvgIpc) is 2.84. The molecule has 1 aliphatic heterocycles. The van der Waals surface area contributed by atoms with Gasteiger partial charge in [0.15, 0.2) is 0 Å². The molecule has 3 rings (SSSR count). The Bertz CT molecular complexity index is 681. The fourth-order valence-electron chi connectivity index (χ4n) is 2.79. The fourth-order valence-corrected chi connectivity index (χ4v) is 2.79. The van der Waals surface area contributed by atoms with Crippen LogP contribution in [0.4, 0.5) is 15.8 Å². The minimum absolute atomic E-state index is 0.0326. The SMILES string of the molecule is O=C(c1cc(Nc2cccc(F)c2)ccn1)N1CCCCCC1. The van der Waals surface area contributed by atoms with Crippen LogP contribution in [0.2, 0.25) is 0 Å². The number of aromatic nitrogens is 1. The molecule has 2 heterocycles. The van der Waals surface area contributed by atoms with Crippen LogP contribution < -0.4 is 5.32 Å². The van der Waals surface area contributed by atoms with Crippen molar-refractivity contribution >= 4 is 17.3 Å². The van der Waals surface area contributed by atoms with E-state index in [-0.39, 0.29) is 11.7 Å². The Morgan fingerprint density at radius 3 is 2.52 bits per heavy atom. The summed E-state index contributed by atoms with van der Waals surface area (Å²) in [5, 5.41) is 3.10. The highest BCUT2D eigenvalue weighted by Gasteiger charge is 2.18. The number of halogens is 1. The summed E-state index contributed by atoms with van der Waals surface area (Å²) in [4.78, 5) is 18.7. The Hall–Kier alpha value is -2.43. The van der Waals surface area contributed by atoms with E-state index in [4.69, 9.17) is 0 Å². The molecule has 1 aliphatic rings. The van der Waals surface area contributed by atoms with Crippen LogP contribution in [0.15, 0.2) is 42.6 Å². The number of anilines is 2. The predicted octanol–water partition coefficient (Wildman–Crippen LogP) is 3.98. The number of carbonyl (C=O) groups excluding carboxylic acids is 1. The standard InChI is InChI=1S/C18H20FN3O/c19-14-6-5-7-15(12-14)21-16-8-9-20-17(13-16)18(23)22-10-3-1-2-4-11-22/h5-9,12-13H,1-4,10-11H2,(H,20,21). The van der Waals surface area contributed by atoms with Crippen molar-refractivity contribution in [1.29, 1.82) is 0 Å². The first-order valence-electron chi connectivity index (χ1n) is 8.00. The van der Waals surface area contributed by atoms with E-state index < -0.39 is 0 Å². The summed E-state index contributed by atoms with van der Waals surface area (Å²) in [6.45, 7) is 1.59. The molecular formula is C18H20FN3O. The van der Waals surface area contributed by atoms with Crippen LogP contribution in [-0.2, 0) is 0 Å². The number of nitrogens with zero attached hydrogens (tertiary/aromatic N) is 2. The molecule has 1 fully saturated rings. The number of likely N-dealkylation sites (tertiary alicyclic amines) is 1. The quantitative estimate of drug-likeness (QED) is 0.932. The van der Waals surface area contributed by atoms with Crippen molar-refractivity contribution < 1.29 is 9.18 Å². The van der Waals surface area contributed by atoms with Crippen LogP contribution in [-0.4, -0.2) is 28.9 Å². The number of pyridine rings is 1. The third kappa shape index (κ3) is 4.06. The van der Waals surface area contributed by atoms with Crippen molar-refractivity contribution in [2.75, 3.05) is 18.4 Å². The van der Waals surface area contributed by atoms with Crippen molar-refractivity contribution in [2.45, 2.75) is 25.7 Å². The van der Waals surface area contributed by atoms with Gasteiger partial charge in [0.1, 0.15) is 11.5 Å². The number of amides is 1. The highest BCUT2D eigenvalue weighted by atomic mass is 19.1. The van der Waals surface area contributed by atoms with Gasteiger partial charge in [0.2, 0.25) is 0 Å². The fraction of sp³-hybridized carbons (Fsp3) is 0.333. The van der Waals surface area contributed by atoms with Gasteiger partial charge in [-0.1, -0.05) is 18.9 Å². The maximum Gasteiger partial charge on any atom is 0.272 e. The lowest BCUT2D eigenvalue weighted by atomic mass is 10.2. The number of benzene rings is 1. The monoisotopic (exact) mass is 313 g/mol. The van der Waals surface area contributed by atoms with Gasteiger partial charge in [-0.2, -0.15) is 0 Å². The highest BCUT2D eigenvalue weighted by molar-refractivity contribution is 5.93. The van der Waals surface area contributed by atoms with Gasteiger partial charge in [0, 0.05) is 30.7 Å². The molecule has 5 heteroatoms. The van der Waals surface area contributed by atoms with Crippen molar-refractivity contribution in [3.63, 3.8) is 0 Å². The van der Waals surface area contributed by atoms with Gasteiger partial charge in [0.25, 0.3) is 5.91 Å². The smallest absolute Gasteiger partial charge is 0.272 e. The third-order valence-corrected chi connectivity index (χ3v) is 3.99. The van der Waals surface area contributed by atoms with Gasteiger partial charge in [-0.3, -0.25) is 9.78 Å². The molecule has 120 valence electrons. The molecule has 23 heavy (non-hydrogen) atoms. The minimum Gasteiger partial charge on any atom is -0.355 e. The second kappa shape index (κ2) is 7.22. The lowest BCUT2D eigenvalue weighted by molar-refractivity contribution is 0.0756. The van der Waals surface area contributed by atoms with Crippen molar-refractivity contribution in [3.05, 3.63) is 54.1 Å². The third-order valence-electron chi connectivity index (χ3n) is 3.99. The number of hydrogen-bond acceptors (Lipinski definition) is 3. The Labute approximate surface area is 135 Å². The maximum atomic E-state index is 13.2. The highest BCUT2D eigenvalue weighted by Crippen LogP contribution is 2.19. The Morgan fingerprint density at radius 2 is 1.78 bits per heavy atom. The molecule has 1 aromatic heterocycles. The largest absolute Gasteiger partial charge is 0.355 e. The van der Waals surface area contributed by atoms with Crippen molar-refractivity contribution in [2.24, 2.45) is 0 Å². The molecule has 0 aliphatic carbocycles. The van der Waals surface area contributed by atoms with Crippen LogP contribution in [0.3, 0.4) is 0 Å². The molecule has 0 atom stereocenters. The van der Waals surface area contributed by atoms with Gasteiger partial charge in [-0.25, -0.2) is 4.39 Å². The Morgan fingerprint density at radius 1 is 1.04 bits per heavy atom. The molecule has 0 unspecified atom stereocenters. The summed E-state index contributed by atoms with van der Waals surface area (Å²) in [6, 6.07) is 9.72. The molecule has 0 spiro atoms. The molecule has 1 amide bonds. The summed E-state index contributed by atoms with van der Waals surface area (Å²) in [5.74, 6) is -0.334. The maximum absolute atomic E-state index is 13.2. The zero-order chi connectivity index (χ0) is 16.1. The van der Waals surface area contributed by atoms with Gasteiger partial charge < -0.3 is 10.2 Å². The molecule has 1 saturated heterocycles. The zero-order valence-corrected chi connectivity index (χ0v) is 13.0. The molecule has 2 aromatic rings. The molecule has 4 nitrogen and oxygen atoms in total. The minimum atomic E-state index is -0.301. The predicted molar refractivity (Wildman–Crippen MR) is 88.3 cm³/mol. The normalized spacial score (nSPS) is 15.1. The second-order valence-corrected chi connectivity index (χ2v) is 5.77. The number of carbonyl (C=O) groups is 1. The summed E-state index contributed by atoms with van der Waals surface area (Å²) < 4.78 is 13.2.